The van der Waals surface area contributed by atoms with Gasteiger partial charge in [-0.1, -0.05) is 36.4 Å². The average molecular weight is 402 g/mol. The van der Waals surface area contributed by atoms with Crippen molar-refractivity contribution < 1.29 is 31.1 Å². The summed E-state index contributed by atoms with van der Waals surface area (Å²) in [7, 11) is 0. The molecule has 3 rings (SSSR count). The van der Waals surface area contributed by atoms with Crippen LogP contribution in [0.15, 0.2) is 48.5 Å². The van der Waals surface area contributed by atoms with Crippen LogP contribution in [0.25, 0.3) is 0 Å². The predicted octanol–water partition coefficient (Wildman–Crippen LogP) is 4.92. The van der Waals surface area contributed by atoms with Gasteiger partial charge in [0.25, 0.3) is 0 Å². The molecule has 2 aromatic carbocycles. The Morgan fingerprint density at radius 2 is 1.64 bits per heavy atom. The first kappa shape index (κ1) is 20.0. The minimum atomic E-state index is -4.56. The molecule has 1 aliphatic heterocycles. The SMILES string of the molecule is O=C(NCC(F)(F)F)N1CCc2ccccc2C1c1ccc(C(F)(F)F)cc1. The maximum atomic E-state index is 12.8. The van der Waals surface area contributed by atoms with Gasteiger partial charge in [-0.2, -0.15) is 26.3 Å². The van der Waals surface area contributed by atoms with Crippen LogP contribution in [0.2, 0.25) is 0 Å². The number of hydrogen-bond donors (Lipinski definition) is 1. The van der Waals surface area contributed by atoms with Gasteiger partial charge in [0.05, 0.1) is 11.6 Å². The van der Waals surface area contributed by atoms with Crippen molar-refractivity contribution in [1.29, 1.82) is 0 Å². The number of carbonyl (C=O) groups excluding carboxylic acids is 1. The Morgan fingerprint density at radius 1 is 1.00 bits per heavy atom. The third-order valence-corrected chi connectivity index (χ3v) is 4.54. The van der Waals surface area contributed by atoms with Crippen molar-refractivity contribution in [3.05, 3.63) is 70.8 Å². The molecule has 0 spiro atoms. The Kier molecular flexibility index (Phi) is 5.27. The number of rotatable bonds is 2. The number of fused-ring (bicyclic) bond motifs is 1. The van der Waals surface area contributed by atoms with E-state index in [1.165, 1.54) is 17.0 Å². The number of alkyl halides is 6. The molecule has 0 aliphatic carbocycles. The molecule has 9 heteroatoms. The molecule has 0 saturated heterocycles. The molecule has 1 heterocycles. The Bertz CT molecular complexity index is 845. The second-order valence-corrected chi connectivity index (χ2v) is 6.44. The highest BCUT2D eigenvalue weighted by molar-refractivity contribution is 5.76. The van der Waals surface area contributed by atoms with Gasteiger partial charge in [-0.3, -0.25) is 0 Å². The van der Waals surface area contributed by atoms with Crippen LogP contribution in [0.4, 0.5) is 31.1 Å². The Balaban J connectivity index is 1.95. The quantitative estimate of drug-likeness (QED) is 0.711. The first-order chi connectivity index (χ1) is 13.1. The molecule has 1 N–H and O–H groups in total. The summed E-state index contributed by atoms with van der Waals surface area (Å²) >= 11 is 0. The summed E-state index contributed by atoms with van der Waals surface area (Å²) in [6, 6.07) is 9.67. The van der Waals surface area contributed by atoms with Crippen molar-refractivity contribution in [2.75, 3.05) is 13.1 Å². The molecule has 0 radical (unpaired) electrons. The zero-order valence-corrected chi connectivity index (χ0v) is 14.4. The lowest BCUT2D eigenvalue weighted by Gasteiger charge is -2.37. The van der Waals surface area contributed by atoms with E-state index in [1.54, 1.807) is 18.2 Å². The number of hydrogen-bond acceptors (Lipinski definition) is 1. The van der Waals surface area contributed by atoms with Crippen molar-refractivity contribution >= 4 is 6.03 Å². The normalized spacial score (nSPS) is 17.2. The van der Waals surface area contributed by atoms with Crippen molar-refractivity contribution in [3.63, 3.8) is 0 Å². The molecule has 1 aliphatic rings. The van der Waals surface area contributed by atoms with Crippen LogP contribution in [0.1, 0.15) is 28.3 Å². The van der Waals surface area contributed by atoms with Crippen LogP contribution in [0.5, 0.6) is 0 Å². The molecule has 0 saturated carbocycles. The lowest BCUT2D eigenvalue weighted by Crippen LogP contribution is -2.48. The summed E-state index contributed by atoms with van der Waals surface area (Å²) in [6.45, 7) is -1.34. The van der Waals surface area contributed by atoms with E-state index >= 15 is 0 Å². The molecule has 3 nitrogen and oxygen atoms in total. The Labute approximate surface area is 157 Å². The van der Waals surface area contributed by atoms with Gasteiger partial charge in [-0.25, -0.2) is 4.79 Å². The second kappa shape index (κ2) is 7.37. The maximum Gasteiger partial charge on any atom is 0.416 e. The van der Waals surface area contributed by atoms with Gasteiger partial charge in [0.2, 0.25) is 0 Å². The highest BCUT2D eigenvalue weighted by Crippen LogP contribution is 2.37. The first-order valence-electron chi connectivity index (χ1n) is 8.42. The fourth-order valence-corrected chi connectivity index (χ4v) is 3.28. The molecular formula is C19H16F6N2O. The molecule has 1 unspecified atom stereocenters. The van der Waals surface area contributed by atoms with Crippen molar-refractivity contribution in [3.8, 4) is 0 Å². The van der Waals surface area contributed by atoms with E-state index < -0.39 is 36.5 Å². The molecular weight excluding hydrogens is 386 g/mol. The van der Waals surface area contributed by atoms with Crippen LogP contribution >= 0.6 is 0 Å². The molecule has 2 amide bonds. The molecule has 0 aromatic heterocycles. The smallest absolute Gasteiger partial charge is 0.329 e. The Hall–Kier alpha value is -2.71. The highest BCUT2D eigenvalue weighted by atomic mass is 19.4. The van der Waals surface area contributed by atoms with E-state index in [9.17, 15) is 31.1 Å². The van der Waals surface area contributed by atoms with Gasteiger partial charge in [-0.15, -0.1) is 0 Å². The molecule has 0 bridgehead atoms. The Morgan fingerprint density at radius 3 is 2.25 bits per heavy atom. The third kappa shape index (κ3) is 4.40. The summed E-state index contributed by atoms with van der Waals surface area (Å²) in [4.78, 5) is 13.6. The number of nitrogens with zero attached hydrogens (tertiary/aromatic N) is 1. The monoisotopic (exact) mass is 402 g/mol. The van der Waals surface area contributed by atoms with E-state index in [0.717, 1.165) is 17.7 Å². The summed E-state index contributed by atoms with van der Waals surface area (Å²) < 4.78 is 75.9. The standard InChI is InChI=1S/C19H16F6N2O/c20-18(21,22)11-26-17(28)27-10-9-12-3-1-2-4-15(12)16(27)13-5-7-14(8-6-13)19(23,24)25/h1-8,16H,9-11H2,(H,26,28). The van der Waals surface area contributed by atoms with Crippen molar-refractivity contribution in [2.45, 2.75) is 24.8 Å². The second-order valence-electron chi connectivity index (χ2n) is 6.44. The number of benzene rings is 2. The fraction of sp³-hybridized carbons (Fsp3) is 0.316. The average Bonchev–Trinajstić information content (AvgIpc) is 2.64. The van der Waals surface area contributed by atoms with Gasteiger partial charge < -0.3 is 10.2 Å². The number of nitrogens with one attached hydrogen (secondary N) is 1. The van der Waals surface area contributed by atoms with Crippen LogP contribution < -0.4 is 5.32 Å². The maximum absolute atomic E-state index is 12.8. The van der Waals surface area contributed by atoms with E-state index in [-0.39, 0.29) is 6.54 Å². The van der Waals surface area contributed by atoms with Crippen molar-refractivity contribution in [1.82, 2.24) is 10.2 Å². The molecule has 1 atom stereocenters. The van der Waals surface area contributed by atoms with E-state index in [1.807, 2.05) is 11.4 Å². The van der Waals surface area contributed by atoms with Crippen molar-refractivity contribution in [2.24, 2.45) is 0 Å². The predicted molar refractivity (Wildman–Crippen MR) is 89.6 cm³/mol. The molecule has 150 valence electrons. The van der Waals surface area contributed by atoms with E-state index in [0.29, 0.717) is 17.5 Å². The molecule has 28 heavy (non-hydrogen) atoms. The zero-order chi connectivity index (χ0) is 20.5. The minimum absolute atomic E-state index is 0.145. The fourth-order valence-electron chi connectivity index (χ4n) is 3.28. The van der Waals surface area contributed by atoms with E-state index in [4.69, 9.17) is 0 Å². The first-order valence-corrected chi connectivity index (χ1v) is 8.42. The number of halogens is 6. The van der Waals surface area contributed by atoms with Gasteiger partial charge in [0.15, 0.2) is 0 Å². The lowest BCUT2D eigenvalue weighted by atomic mass is 9.88. The molecule has 2 aromatic rings. The van der Waals surface area contributed by atoms with Crippen LogP contribution in [0.3, 0.4) is 0 Å². The summed E-state index contributed by atoms with van der Waals surface area (Å²) in [5.41, 5.74) is 1.12. The van der Waals surface area contributed by atoms with Gasteiger partial charge >= 0.3 is 18.4 Å². The van der Waals surface area contributed by atoms with Crippen LogP contribution in [-0.4, -0.2) is 30.2 Å². The van der Waals surface area contributed by atoms with Crippen LogP contribution in [0, 0.1) is 0 Å². The number of urea groups is 1. The van der Waals surface area contributed by atoms with Gasteiger partial charge in [0.1, 0.15) is 6.54 Å². The highest BCUT2D eigenvalue weighted by Gasteiger charge is 2.35. The van der Waals surface area contributed by atoms with Crippen LogP contribution in [-0.2, 0) is 12.6 Å². The summed E-state index contributed by atoms with van der Waals surface area (Å²) in [5, 5.41) is 1.84. The summed E-state index contributed by atoms with van der Waals surface area (Å²) in [6.07, 6.45) is -8.63. The third-order valence-electron chi connectivity index (χ3n) is 4.54. The van der Waals surface area contributed by atoms with E-state index in [2.05, 4.69) is 0 Å². The molecule has 0 fully saturated rings. The summed E-state index contributed by atoms with van der Waals surface area (Å²) in [5.74, 6) is 0. The zero-order valence-electron chi connectivity index (χ0n) is 14.4. The number of carbonyl (C=O) groups is 1. The van der Waals surface area contributed by atoms with Gasteiger partial charge in [-0.05, 0) is 35.2 Å². The minimum Gasteiger partial charge on any atom is -0.329 e. The lowest BCUT2D eigenvalue weighted by molar-refractivity contribution is -0.137. The largest absolute Gasteiger partial charge is 0.416 e. The topological polar surface area (TPSA) is 32.3 Å². The van der Waals surface area contributed by atoms with Gasteiger partial charge in [0, 0.05) is 6.54 Å². The number of amides is 2.